The first-order valence-electron chi connectivity index (χ1n) is 18.5. The van der Waals surface area contributed by atoms with Crippen LogP contribution in [0.1, 0.15) is 25.0 Å². The van der Waals surface area contributed by atoms with Gasteiger partial charge in [0.05, 0.1) is 11.4 Å². The van der Waals surface area contributed by atoms with E-state index in [1.807, 2.05) is 30.3 Å². The van der Waals surface area contributed by atoms with Gasteiger partial charge in [0, 0.05) is 33.7 Å². The number of hydrogen-bond donors (Lipinski definition) is 0. The van der Waals surface area contributed by atoms with Gasteiger partial charge in [-0.05, 0) is 106 Å². The zero-order valence-corrected chi connectivity index (χ0v) is 30.1. The largest absolute Gasteiger partial charge is 0.434 e. The Morgan fingerprint density at radius 1 is 0.444 bits per heavy atom. The summed E-state index contributed by atoms with van der Waals surface area (Å²) in [5, 5.41) is 2.38. The van der Waals surface area contributed by atoms with Gasteiger partial charge in [-0.1, -0.05) is 129 Å². The molecule has 0 spiro atoms. The van der Waals surface area contributed by atoms with Crippen LogP contribution in [0.5, 0.6) is 0 Å². The number of hydrogen-bond acceptors (Lipinski definition) is 4. The van der Waals surface area contributed by atoms with Crippen molar-refractivity contribution in [1.82, 2.24) is 4.98 Å². The molecule has 0 radical (unpaired) electrons. The van der Waals surface area contributed by atoms with Crippen molar-refractivity contribution >= 4 is 56.0 Å². The smallest absolute Gasteiger partial charge is 0.227 e. The minimum Gasteiger partial charge on any atom is -0.434 e. The van der Waals surface area contributed by atoms with E-state index in [0.29, 0.717) is 5.89 Å². The van der Waals surface area contributed by atoms with Gasteiger partial charge >= 0.3 is 0 Å². The van der Waals surface area contributed by atoms with Crippen molar-refractivity contribution < 1.29 is 4.42 Å². The van der Waals surface area contributed by atoms with Crippen molar-refractivity contribution in [3.05, 3.63) is 199 Å². The van der Waals surface area contributed by atoms with E-state index in [2.05, 4.69) is 181 Å². The van der Waals surface area contributed by atoms with Gasteiger partial charge in [0.25, 0.3) is 0 Å². The van der Waals surface area contributed by atoms with E-state index >= 15 is 0 Å². The molecule has 0 amide bonds. The molecule has 1 aliphatic carbocycles. The third kappa shape index (κ3) is 5.26. The molecule has 0 atom stereocenters. The second-order valence-corrected chi connectivity index (χ2v) is 14.5. The Kier molecular flexibility index (Phi) is 7.44. The number of para-hydroxylation sites is 2. The van der Waals surface area contributed by atoms with E-state index in [1.165, 1.54) is 33.0 Å². The molecule has 0 saturated carbocycles. The Hall–Kier alpha value is -6.91. The summed E-state index contributed by atoms with van der Waals surface area (Å²) >= 11 is 0. The first-order valence-corrected chi connectivity index (χ1v) is 18.5. The van der Waals surface area contributed by atoms with Gasteiger partial charge in [0.1, 0.15) is 5.52 Å². The molecule has 4 nitrogen and oxygen atoms in total. The standard InChI is InChI=1S/C50H37N3O/c1-50(2)44-25-15-14-24-42(44)43-29-28-40(31-45(43)50)53(38-22-10-5-11-23-38)47-33-41(32-46-48(47)54-49(51-46)35-17-6-3-7-18-35)52(37-20-8-4-9-21-37)39-27-26-34-16-12-13-19-36(34)30-39/h3-33H,1-2H3. The predicted molar refractivity (Wildman–Crippen MR) is 224 cm³/mol. The topological polar surface area (TPSA) is 32.5 Å². The van der Waals surface area contributed by atoms with Gasteiger partial charge < -0.3 is 14.2 Å². The SMILES string of the molecule is CC1(C)c2ccccc2-c2ccc(N(c3ccccc3)c3cc(N(c4ccccc4)c4ccc5ccccc5c4)cc4nc(-c5ccccc5)oc34)cc21. The van der Waals surface area contributed by atoms with Crippen LogP contribution in [0.2, 0.25) is 0 Å². The summed E-state index contributed by atoms with van der Waals surface area (Å²) in [6.45, 7) is 4.66. The van der Waals surface area contributed by atoms with Crippen molar-refractivity contribution in [2.45, 2.75) is 19.3 Å². The Bertz CT molecular complexity index is 2810. The number of rotatable bonds is 7. The van der Waals surface area contributed by atoms with Crippen LogP contribution in [-0.2, 0) is 5.41 Å². The Morgan fingerprint density at radius 3 is 1.80 bits per heavy atom. The molecule has 0 aliphatic heterocycles. The molecular weight excluding hydrogens is 659 g/mol. The summed E-state index contributed by atoms with van der Waals surface area (Å²) in [6.07, 6.45) is 0. The second-order valence-electron chi connectivity index (χ2n) is 14.5. The summed E-state index contributed by atoms with van der Waals surface area (Å²) in [5.74, 6) is 0.583. The van der Waals surface area contributed by atoms with Crippen LogP contribution >= 0.6 is 0 Å². The normalized spacial score (nSPS) is 12.8. The number of aromatic nitrogens is 1. The van der Waals surface area contributed by atoms with E-state index in [4.69, 9.17) is 9.40 Å². The second kappa shape index (κ2) is 12.6. The summed E-state index contributed by atoms with van der Waals surface area (Å²) in [7, 11) is 0. The molecule has 0 bridgehead atoms. The highest BCUT2D eigenvalue weighted by molar-refractivity contribution is 6.00. The Labute approximate surface area is 315 Å². The minimum absolute atomic E-state index is 0.158. The third-order valence-corrected chi connectivity index (χ3v) is 10.8. The van der Waals surface area contributed by atoms with E-state index in [1.54, 1.807) is 0 Å². The maximum Gasteiger partial charge on any atom is 0.227 e. The van der Waals surface area contributed by atoms with Crippen LogP contribution in [0.3, 0.4) is 0 Å². The molecule has 10 rings (SSSR count). The van der Waals surface area contributed by atoms with E-state index in [-0.39, 0.29) is 5.41 Å². The first-order chi connectivity index (χ1) is 26.5. The average molecular weight is 696 g/mol. The van der Waals surface area contributed by atoms with Gasteiger partial charge in [-0.3, -0.25) is 0 Å². The maximum atomic E-state index is 6.83. The molecule has 1 aromatic heterocycles. The van der Waals surface area contributed by atoms with Crippen molar-refractivity contribution in [2.75, 3.05) is 9.80 Å². The van der Waals surface area contributed by atoms with Crippen LogP contribution in [0.4, 0.5) is 34.1 Å². The molecule has 0 saturated heterocycles. The lowest BCUT2D eigenvalue weighted by molar-refractivity contribution is 0.620. The Balaban J connectivity index is 1.24. The zero-order chi connectivity index (χ0) is 36.2. The van der Waals surface area contributed by atoms with Gasteiger partial charge in [0.2, 0.25) is 5.89 Å². The summed E-state index contributed by atoms with van der Waals surface area (Å²) < 4.78 is 6.83. The first kappa shape index (κ1) is 31.8. The highest BCUT2D eigenvalue weighted by Gasteiger charge is 2.36. The molecule has 9 aromatic rings. The number of benzene rings is 8. The quantitative estimate of drug-likeness (QED) is 0.166. The highest BCUT2D eigenvalue weighted by Crippen LogP contribution is 2.52. The van der Waals surface area contributed by atoms with E-state index in [0.717, 1.165) is 50.8 Å². The predicted octanol–water partition coefficient (Wildman–Crippen LogP) is 13.9. The molecule has 4 heteroatoms. The lowest BCUT2D eigenvalue weighted by Gasteiger charge is -2.30. The molecule has 54 heavy (non-hydrogen) atoms. The fraction of sp³-hybridized carbons (Fsp3) is 0.0600. The molecule has 1 aliphatic rings. The van der Waals surface area contributed by atoms with Crippen molar-refractivity contribution in [2.24, 2.45) is 0 Å². The molecule has 0 N–H and O–H groups in total. The molecule has 0 fully saturated rings. The van der Waals surface area contributed by atoms with Gasteiger partial charge in [0.15, 0.2) is 5.58 Å². The van der Waals surface area contributed by atoms with E-state index in [9.17, 15) is 0 Å². The highest BCUT2D eigenvalue weighted by atomic mass is 16.3. The van der Waals surface area contributed by atoms with Gasteiger partial charge in [-0.15, -0.1) is 0 Å². The molecule has 258 valence electrons. The third-order valence-electron chi connectivity index (χ3n) is 10.8. The summed E-state index contributed by atoms with van der Waals surface area (Å²) in [4.78, 5) is 9.83. The monoisotopic (exact) mass is 695 g/mol. The van der Waals surface area contributed by atoms with Crippen molar-refractivity contribution in [3.8, 4) is 22.6 Å². The fourth-order valence-electron chi connectivity index (χ4n) is 8.18. The van der Waals surface area contributed by atoms with Gasteiger partial charge in [-0.2, -0.15) is 0 Å². The molecule has 1 heterocycles. The molecule has 8 aromatic carbocycles. The maximum absolute atomic E-state index is 6.83. The zero-order valence-electron chi connectivity index (χ0n) is 30.1. The number of anilines is 6. The van der Waals surface area contributed by atoms with Crippen molar-refractivity contribution in [1.29, 1.82) is 0 Å². The molecular formula is C50H37N3O. The van der Waals surface area contributed by atoms with Crippen LogP contribution in [0.15, 0.2) is 192 Å². The van der Waals surface area contributed by atoms with Crippen LogP contribution in [-0.4, -0.2) is 4.98 Å². The average Bonchev–Trinajstić information content (AvgIpc) is 3.76. The van der Waals surface area contributed by atoms with Crippen LogP contribution < -0.4 is 9.80 Å². The summed E-state index contributed by atoms with van der Waals surface area (Å²) in [5.41, 5.74) is 13.6. The number of oxazole rings is 1. The number of nitrogens with zero attached hydrogens (tertiary/aromatic N) is 3. The van der Waals surface area contributed by atoms with Gasteiger partial charge in [-0.25, -0.2) is 4.98 Å². The Morgan fingerprint density at radius 2 is 1.04 bits per heavy atom. The van der Waals surface area contributed by atoms with Crippen molar-refractivity contribution in [3.63, 3.8) is 0 Å². The minimum atomic E-state index is -0.158. The van der Waals surface area contributed by atoms with E-state index < -0.39 is 0 Å². The number of fused-ring (bicyclic) bond motifs is 5. The summed E-state index contributed by atoms with van der Waals surface area (Å²) in [6, 6.07) is 66.6. The lowest BCUT2D eigenvalue weighted by Crippen LogP contribution is -2.17. The lowest BCUT2D eigenvalue weighted by atomic mass is 9.82. The van der Waals surface area contributed by atoms with Crippen LogP contribution in [0.25, 0.3) is 44.5 Å². The van der Waals surface area contributed by atoms with Crippen LogP contribution in [0, 0.1) is 0 Å². The fourth-order valence-corrected chi connectivity index (χ4v) is 8.18. The molecule has 0 unspecified atom stereocenters.